The molecule has 1 aliphatic heterocycles. The lowest BCUT2D eigenvalue weighted by Gasteiger charge is -2.27. The Morgan fingerprint density at radius 3 is 2.68 bits per heavy atom. The van der Waals surface area contributed by atoms with Crippen molar-refractivity contribution in [1.82, 2.24) is 19.7 Å². The second-order valence-electron chi connectivity index (χ2n) is 4.68. The van der Waals surface area contributed by atoms with E-state index in [1.54, 1.807) is 29.3 Å². The van der Waals surface area contributed by atoms with Crippen LogP contribution in [0, 0.1) is 0 Å². The summed E-state index contributed by atoms with van der Waals surface area (Å²) in [4.78, 5) is 18.8. The molecule has 1 amide bonds. The van der Waals surface area contributed by atoms with Crippen LogP contribution in [0.15, 0.2) is 36.8 Å². The Bertz CT molecular complexity index is 559. The summed E-state index contributed by atoms with van der Waals surface area (Å²) in [6, 6.07) is 5.44. The van der Waals surface area contributed by atoms with Gasteiger partial charge in [-0.3, -0.25) is 4.79 Å². The molecule has 2 aromatic rings. The van der Waals surface area contributed by atoms with Gasteiger partial charge in [0.2, 0.25) is 0 Å². The molecule has 1 fully saturated rings. The molecule has 0 unspecified atom stereocenters. The largest absolute Gasteiger partial charge is 0.339 e. The molecule has 1 aliphatic rings. The monoisotopic (exact) mass is 256 g/mol. The third kappa shape index (κ3) is 2.36. The second-order valence-corrected chi connectivity index (χ2v) is 4.68. The highest BCUT2D eigenvalue weighted by Crippen LogP contribution is 2.16. The molecular formula is C14H16N4O. The fourth-order valence-corrected chi connectivity index (χ4v) is 2.41. The van der Waals surface area contributed by atoms with Gasteiger partial charge in [0.25, 0.3) is 5.91 Å². The third-order valence-electron chi connectivity index (χ3n) is 3.38. The van der Waals surface area contributed by atoms with Gasteiger partial charge < -0.3 is 4.90 Å². The summed E-state index contributed by atoms with van der Waals surface area (Å²) in [7, 11) is 0. The Morgan fingerprint density at radius 2 is 1.95 bits per heavy atom. The summed E-state index contributed by atoms with van der Waals surface area (Å²) in [5, 5.41) is 4.16. The number of nitrogens with zero attached hydrogens (tertiary/aromatic N) is 4. The van der Waals surface area contributed by atoms with Crippen LogP contribution in [-0.4, -0.2) is 38.7 Å². The lowest BCUT2D eigenvalue weighted by atomic mass is 10.1. The molecule has 19 heavy (non-hydrogen) atoms. The van der Waals surface area contributed by atoms with Crippen LogP contribution in [-0.2, 0) is 0 Å². The van der Waals surface area contributed by atoms with E-state index in [-0.39, 0.29) is 5.91 Å². The fraction of sp³-hybridized carbons (Fsp3) is 0.357. The Kier molecular flexibility index (Phi) is 3.27. The van der Waals surface area contributed by atoms with Gasteiger partial charge in [-0.1, -0.05) is 0 Å². The molecule has 3 rings (SSSR count). The lowest BCUT2D eigenvalue weighted by molar-refractivity contribution is 0.0723. The van der Waals surface area contributed by atoms with Gasteiger partial charge in [0.05, 0.1) is 5.56 Å². The molecule has 0 radical (unpaired) electrons. The first-order valence-corrected chi connectivity index (χ1v) is 6.60. The Labute approximate surface area is 111 Å². The number of carbonyl (C=O) groups is 1. The van der Waals surface area contributed by atoms with Crippen molar-refractivity contribution in [3.63, 3.8) is 0 Å². The highest BCUT2D eigenvalue weighted by Gasteiger charge is 2.21. The number of hydrogen-bond acceptors (Lipinski definition) is 3. The van der Waals surface area contributed by atoms with Crippen LogP contribution >= 0.6 is 0 Å². The molecular weight excluding hydrogens is 240 g/mol. The van der Waals surface area contributed by atoms with Crippen LogP contribution in [0.2, 0.25) is 0 Å². The average Bonchev–Trinajstić information content (AvgIpc) is 3.01. The van der Waals surface area contributed by atoms with Crippen molar-refractivity contribution >= 4 is 5.91 Å². The zero-order valence-corrected chi connectivity index (χ0v) is 10.7. The third-order valence-corrected chi connectivity index (χ3v) is 3.38. The van der Waals surface area contributed by atoms with Crippen molar-refractivity contribution in [3.8, 4) is 5.82 Å². The minimum Gasteiger partial charge on any atom is -0.339 e. The summed E-state index contributed by atoms with van der Waals surface area (Å²) in [5.41, 5.74) is 0.619. The smallest absolute Gasteiger partial charge is 0.257 e. The van der Waals surface area contributed by atoms with Crippen LogP contribution < -0.4 is 0 Å². The normalized spacial score (nSPS) is 15.5. The highest BCUT2D eigenvalue weighted by atomic mass is 16.2. The summed E-state index contributed by atoms with van der Waals surface area (Å²) in [5.74, 6) is 0.654. The number of carbonyl (C=O) groups excluding carboxylic acids is 1. The number of pyridine rings is 1. The lowest BCUT2D eigenvalue weighted by Crippen LogP contribution is -2.36. The van der Waals surface area contributed by atoms with E-state index in [4.69, 9.17) is 0 Å². The van der Waals surface area contributed by atoms with Gasteiger partial charge >= 0.3 is 0 Å². The standard InChI is InChI=1S/C14H16N4O/c19-14(17-9-2-1-3-10-17)12-6-4-7-15-13(12)18-11-5-8-16-18/h4-8,11H,1-3,9-10H2. The molecule has 1 saturated heterocycles. The highest BCUT2D eigenvalue weighted by molar-refractivity contribution is 5.97. The number of piperidine rings is 1. The van der Waals surface area contributed by atoms with Crippen LogP contribution in [0.5, 0.6) is 0 Å². The zero-order chi connectivity index (χ0) is 13.1. The van der Waals surface area contributed by atoms with Gasteiger partial charge in [-0.15, -0.1) is 0 Å². The van der Waals surface area contributed by atoms with Crippen LogP contribution in [0.3, 0.4) is 0 Å². The summed E-state index contributed by atoms with van der Waals surface area (Å²) in [6.07, 6.45) is 8.55. The first kappa shape index (κ1) is 11.9. The maximum absolute atomic E-state index is 12.6. The van der Waals surface area contributed by atoms with E-state index in [1.165, 1.54) is 6.42 Å². The van der Waals surface area contributed by atoms with Crippen molar-refractivity contribution in [2.75, 3.05) is 13.1 Å². The molecule has 0 N–H and O–H groups in total. The Hall–Kier alpha value is -2.17. The number of hydrogen-bond donors (Lipinski definition) is 0. The molecule has 0 aliphatic carbocycles. The predicted octanol–water partition coefficient (Wildman–Crippen LogP) is 1.89. The maximum Gasteiger partial charge on any atom is 0.257 e. The molecule has 3 heterocycles. The molecule has 2 aromatic heterocycles. The molecule has 98 valence electrons. The van der Waals surface area contributed by atoms with Gasteiger partial charge in [0, 0.05) is 31.7 Å². The molecule has 5 nitrogen and oxygen atoms in total. The predicted molar refractivity (Wildman–Crippen MR) is 71.1 cm³/mol. The Balaban J connectivity index is 1.94. The van der Waals surface area contributed by atoms with Gasteiger partial charge in [-0.2, -0.15) is 5.10 Å². The van der Waals surface area contributed by atoms with Crippen molar-refractivity contribution in [1.29, 1.82) is 0 Å². The molecule has 0 saturated carbocycles. The van der Waals surface area contributed by atoms with E-state index >= 15 is 0 Å². The van der Waals surface area contributed by atoms with E-state index in [1.807, 2.05) is 17.0 Å². The van der Waals surface area contributed by atoms with Crippen molar-refractivity contribution < 1.29 is 4.79 Å². The zero-order valence-electron chi connectivity index (χ0n) is 10.7. The van der Waals surface area contributed by atoms with E-state index in [0.717, 1.165) is 25.9 Å². The van der Waals surface area contributed by atoms with E-state index in [2.05, 4.69) is 10.1 Å². The number of likely N-dealkylation sites (tertiary alicyclic amines) is 1. The van der Waals surface area contributed by atoms with Crippen molar-refractivity contribution in [2.45, 2.75) is 19.3 Å². The topological polar surface area (TPSA) is 51.0 Å². The second kappa shape index (κ2) is 5.22. The fourth-order valence-electron chi connectivity index (χ4n) is 2.41. The molecule has 0 spiro atoms. The van der Waals surface area contributed by atoms with Gasteiger partial charge in [-0.25, -0.2) is 9.67 Å². The van der Waals surface area contributed by atoms with E-state index in [9.17, 15) is 4.79 Å². The number of rotatable bonds is 2. The minimum absolute atomic E-state index is 0.0540. The van der Waals surface area contributed by atoms with E-state index in [0.29, 0.717) is 11.4 Å². The van der Waals surface area contributed by atoms with Gasteiger partial charge in [0.15, 0.2) is 5.82 Å². The molecule has 0 aromatic carbocycles. The Morgan fingerprint density at radius 1 is 1.11 bits per heavy atom. The van der Waals surface area contributed by atoms with Crippen LogP contribution in [0.1, 0.15) is 29.6 Å². The first-order valence-electron chi connectivity index (χ1n) is 6.60. The molecule has 0 bridgehead atoms. The van der Waals surface area contributed by atoms with E-state index < -0.39 is 0 Å². The van der Waals surface area contributed by atoms with Crippen LogP contribution in [0.25, 0.3) is 5.82 Å². The average molecular weight is 256 g/mol. The first-order chi connectivity index (χ1) is 9.36. The number of aromatic nitrogens is 3. The van der Waals surface area contributed by atoms with Crippen molar-refractivity contribution in [2.24, 2.45) is 0 Å². The quantitative estimate of drug-likeness (QED) is 0.824. The summed E-state index contributed by atoms with van der Waals surface area (Å²) in [6.45, 7) is 1.68. The van der Waals surface area contributed by atoms with Crippen LogP contribution in [0.4, 0.5) is 0 Å². The minimum atomic E-state index is 0.0540. The number of amides is 1. The molecule has 0 atom stereocenters. The SMILES string of the molecule is O=C(c1cccnc1-n1cccn1)N1CCCCC1. The maximum atomic E-state index is 12.6. The van der Waals surface area contributed by atoms with Crippen molar-refractivity contribution in [3.05, 3.63) is 42.4 Å². The summed E-state index contributed by atoms with van der Waals surface area (Å²) < 4.78 is 1.64. The summed E-state index contributed by atoms with van der Waals surface area (Å²) >= 11 is 0. The van der Waals surface area contributed by atoms with Gasteiger partial charge in [0.1, 0.15) is 0 Å². The van der Waals surface area contributed by atoms with Gasteiger partial charge in [-0.05, 0) is 37.5 Å². The molecule has 5 heteroatoms.